The van der Waals surface area contributed by atoms with E-state index in [2.05, 4.69) is 37.6 Å². The van der Waals surface area contributed by atoms with E-state index in [1.54, 1.807) is 4.90 Å². The number of hydrogen-bond acceptors (Lipinski definition) is 11. The number of anilines is 4. The highest BCUT2D eigenvalue weighted by Crippen LogP contribution is 2.44. The average Bonchev–Trinajstić information content (AvgIpc) is 4.45. The molecule has 4 fully saturated rings. The van der Waals surface area contributed by atoms with Crippen molar-refractivity contribution in [1.29, 1.82) is 0 Å². The van der Waals surface area contributed by atoms with Crippen molar-refractivity contribution in [2.24, 2.45) is 0 Å². The number of aromatic nitrogens is 4. The lowest BCUT2D eigenvalue weighted by Crippen LogP contribution is -2.42. The van der Waals surface area contributed by atoms with Crippen LogP contribution in [0.2, 0.25) is 0 Å². The van der Waals surface area contributed by atoms with E-state index in [0.717, 1.165) is 125 Å². The van der Waals surface area contributed by atoms with Crippen LogP contribution in [-0.2, 0) is 23.9 Å². The molecule has 2 N–H and O–H groups in total. The highest BCUT2D eigenvalue weighted by Gasteiger charge is 2.41. The van der Waals surface area contributed by atoms with Crippen LogP contribution in [0.25, 0.3) is 33.3 Å². The summed E-state index contributed by atoms with van der Waals surface area (Å²) in [5.74, 6) is -2.72. The third kappa shape index (κ3) is 11.0. The van der Waals surface area contributed by atoms with Crippen LogP contribution < -0.4 is 20.4 Å². The van der Waals surface area contributed by atoms with Gasteiger partial charge in [0.05, 0.1) is 52.0 Å². The fourth-order valence-electron chi connectivity index (χ4n) is 11.8. The number of carbonyl (C=O) groups is 3. The van der Waals surface area contributed by atoms with Gasteiger partial charge in [0.15, 0.2) is 23.3 Å². The van der Waals surface area contributed by atoms with Crippen LogP contribution in [0.1, 0.15) is 126 Å². The molecule has 2 saturated carbocycles. The van der Waals surface area contributed by atoms with E-state index in [9.17, 15) is 31.9 Å². The monoisotopic (exact) mass is 1070 g/mol. The lowest BCUT2D eigenvalue weighted by atomic mass is 10.0. The SMILES string of the molecule is C.CCO[C@@H]1CC[C@@H](Nc2ccc(-c3c(C)noc3C)cc2NC(=O)[C@@H]2CCC(=O)N2c2ccc(F)c(F)c2)C1.CCO[C@@H]1CC[C@@H](n2c([C@@H]3CCC(=O)N3c3ccc(F)c(F)c3)nc3cc(-c4c(C)noc4C)ccc32)C1. The molecular weight excluding hydrogens is 1010 g/mol. The smallest absolute Gasteiger partial charge is 0.247 e. The molecule has 7 aromatic rings. The van der Waals surface area contributed by atoms with Gasteiger partial charge in [0.2, 0.25) is 17.7 Å². The minimum atomic E-state index is -1.08. The van der Waals surface area contributed by atoms with Gasteiger partial charge in [-0.25, -0.2) is 22.5 Å². The molecule has 2 aliphatic heterocycles. The second-order valence-electron chi connectivity index (χ2n) is 20.3. The summed E-state index contributed by atoms with van der Waals surface area (Å²) in [5.41, 5.74) is 8.66. The van der Waals surface area contributed by atoms with Crippen LogP contribution in [0.3, 0.4) is 0 Å². The number of carbonyl (C=O) groups excluding carboxylic acids is 3. The number of nitrogens with zero attached hydrogens (tertiary/aromatic N) is 6. The Morgan fingerprint density at radius 3 is 1.85 bits per heavy atom. The van der Waals surface area contributed by atoms with Crippen LogP contribution in [0.15, 0.2) is 81.8 Å². The normalized spacial score (nSPS) is 21.1. The number of nitrogens with one attached hydrogen (secondary N) is 2. The summed E-state index contributed by atoms with van der Waals surface area (Å²) in [6.45, 7) is 12.8. The van der Waals surface area contributed by atoms with E-state index in [1.165, 1.54) is 17.0 Å². The van der Waals surface area contributed by atoms with Gasteiger partial charge in [-0.05, 0) is 153 Å². The number of amides is 3. The highest BCUT2D eigenvalue weighted by atomic mass is 19.2. The van der Waals surface area contributed by atoms with Crippen molar-refractivity contribution >= 4 is 51.5 Å². The van der Waals surface area contributed by atoms with Crippen LogP contribution >= 0.6 is 0 Å². The first-order chi connectivity index (χ1) is 37.1. The van der Waals surface area contributed by atoms with Crippen molar-refractivity contribution < 1.29 is 50.5 Å². The van der Waals surface area contributed by atoms with Crippen LogP contribution in [-0.4, -0.2) is 75.1 Å². The summed E-state index contributed by atoms with van der Waals surface area (Å²) >= 11 is 0. The van der Waals surface area contributed by atoms with Crippen LogP contribution in [0, 0.1) is 51.0 Å². The predicted octanol–water partition coefficient (Wildman–Crippen LogP) is 13.0. The largest absolute Gasteiger partial charge is 0.381 e. The number of benzene rings is 4. The number of imidazole rings is 1. The summed E-state index contributed by atoms with van der Waals surface area (Å²) in [6, 6.07) is 17.8. The Morgan fingerprint density at radius 2 is 1.23 bits per heavy atom. The number of aryl methyl sites for hydroxylation is 4. The second-order valence-corrected chi connectivity index (χ2v) is 20.3. The van der Waals surface area contributed by atoms with E-state index in [1.807, 2.05) is 65.8 Å². The van der Waals surface area contributed by atoms with Gasteiger partial charge in [0.1, 0.15) is 23.4 Å². The molecule has 6 atom stereocenters. The number of hydrogen-bond donors (Lipinski definition) is 2. The maximum Gasteiger partial charge on any atom is 0.247 e. The van der Waals surface area contributed by atoms with Gasteiger partial charge in [-0.3, -0.25) is 19.3 Å². The zero-order chi connectivity index (χ0) is 54.2. The minimum absolute atomic E-state index is 0. The summed E-state index contributed by atoms with van der Waals surface area (Å²) in [5, 5.41) is 14.7. The standard InChI is InChI=1S/C29H32F2N4O4.C29H30F2N4O3.CH4/c1-4-38-21-8-6-19(14-21)32-24-10-5-18(28-16(2)34-39-17(28)3)13-25(24)33-29(37)26-11-12-27(36)35(26)20-7-9-22(30)23(31)15-20;1-4-37-21-8-6-19(14-21)35-25-10-5-18(28-16(2)33-38-17(28)3)13-24(25)32-29(35)26-11-12-27(36)34(26)20-7-9-22(30)23(31)15-20;/h5,7,9-10,13,15,19,21,26,32H,4,6,8,11-12,14H2,1-3H3,(H,33,37);5,7,9-10,13,15,19,21,26H,4,6,8,11-12,14H2,1-3H3;1H4/t2*19-,21-,26+;/m11./s1. The Labute approximate surface area is 450 Å². The van der Waals surface area contributed by atoms with Gasteiger partial charge in [0, 0.05) is 72.8 Å². The van der Waals surface area contributed by atoms with Crippen molar-refractivity contribution in [2.75, 3.05) is 33.6 Å². The number of fused-ring (bicyclic) bond motifs is 1. The molecule has 15 nitrogen and oxygen atoms in total. The molecule has 4 aliphatic rings. The maximum atomic E-state index is 14.2. The third-order valence-corrected chi connectivity index (χ3v) is 15.3. The van der Waals surface area contributed by atoms with Crippen LogP contribution in [0.4, 0.5) is 40.3 Å². The van der Waals surface area contributed by atoms with E-state index >= 15 is 0 Å². The first-order valence-corrected chi connectivity index (χ1v) is 26.5. The summed E-state index contributed by atoms with van der Waals surface area (Å²) in [7, 11) is 0. The third-order valence-electron chi connectivity index (χ3n) is 15.3. The fraction of sp³-hybridized carbons (Fsp3) is 0.424. The lowest BCUT2D eigenvalue weighted by molar-refractivity contribution is -0.120. The van der Waals surface area contributed by atoms with Crippen molar-refractivity contribution in [2.45, 2.75) is 150 Å². The highest BCUT2D eigenvalue weighted by molar-refractivity contribution is 6.08. The molecule has 4 aromatic carbocycles. The molecule has 0 radical (unpaired) electrons. The number of halogens is 4. The van der Waals surface area contributed by atoms with Gasteiger partial charge in [0.25, 0.3) is 0 Å². The molecule has 11 rings (SSSR count). The molecule has 19 heteroatoms. The average molecular weight is 1080 g/mol. The molecule has 5 heterocycles. The van der Waals surface area contributed by atoms with E-state index in [0.29, 0.717) is 43.2 Å². The molecule has 78 heavy (non-hydrogen) atoms. The van der Waals surface area contributed by atoms with Crippen molar-refractivity contribution in [3.8, 4) is 22.3 Å². The van der Waals surface area contributed by atoms with Gasteiger partial charge in [-0.2, -0.15) is 0 Å². The molecule has 2 saturated heterocycles. The molecule has 0 bridgehead atoms. The van der Waals surface area contributed by atoms with Crippen molar-refractivity contribution in [3.05, 3.63) is 125 Å². The topological polar surface area (TPSA) is 170 Å². The maximum absolute atomic E-state index is 14.2. The molecule has 3 aromatic heterocycles. The Bertz CT molecular complexity index is 3320. The Morgan fingerprint density at radius 1 is 0.654 bits per heavy atom. The Hall–Kier alpha value is -7.38. The second kappa shape index (κ2) is 23.3. The van der Waals surface area contributed by atoms with E-state index in [-0.39, 0.29) is 62.1 Å². The molecule has 2 aliphatic carbocycles. The molecular formula is C59H66F4N8O7. The molecule has 0 spiro atoms. The van der Waals surface area contributed by atoms with Gasteiger partial charge >= 0.3 is 0 Å². The predicted molar refractivity (Wildman–Crippen MR) is 289 cm³/mol. The van der Waals surface area contributed by atoms with Gasteiger partial charge < -0.3 is 38.6 Å². The van der Waals surface area contributed by atoms with E-state index < -0.39 is 41.3 Å². The molecule has 0 unspecified atom stereocenters. The summed E-state index contributed by atoms with van der Waals surface area (Å²) in [6.07, 6.45) is 7.08. The molecule has 412 valence electrons. The van der Waals surface area contributed by atoms with Gasteiger partial charge in [-0.1, -0.05) is 29.9 Å². The zero-order valence-corrected chi connectivity index (χ0v) is 43.9. The lowest BCUT2D eigenvalue weighted by Gasteiger charge is -2.27. The Kier molecular flexibility index (Phi) is 16.5. The van der Waals surface area contributed by atoms with E-state index in [4.69, 9.17) is 23.5 Å². The number of ether oxygens (including phenoxy) is 2. The quantitative estimate of drug-likeness (QED) is 0.0994. The summed E-state index contributed by atoms with van der Waals surface area (Å²) in [4.78, 5) is 47.3. The first-order valence-electron chi connectivity index (χ1n) is 26.5. The Balaban J connectivity index is 0.000000187. The zero-order valence-electron chi connectivity index (χ0n) is 43.9. The number of rotatable bonds is 14. The first kappa shape index (κ1) is 55.4. The minimum Gasteiger partial charge on any atom is -0.381 e. The summed E-state index contributed by atoms with van der Waals surface area (Å²) < 4.78 is 80.1. The van der Waals surface area contributed by atoms with Crippen LogP contribution in [0.5, 0.6) is 0 Å². The van der Waals surface area contributed by atoms with Crippen molar-refractivity contribution in [3.63, 3.8) is 0 Å². The van der Waals surface area contributed by atoms with Crippen molar-refractivity contribution in [1.82, 2.24) is 19.9 Å². The van der Waals surface area contributed by atoms with Gasteiger partial charge in [-0.15, -0.1) is 0 Å². The fourth-order valence-corrected chi connectivity index (χ4v) is 11.8. The molecule has 3 amide bonds.